The van der Waals surface area contributed by atoms with Crippen LogP contribution in [0.5, 0.6) is 0 Å². The van der Waals surface area contributed by atoms with Crippen LogP contribution >= 0.6 is 11.3 Å². The molecule has 0 bridgehead atoms. The molecular formula is C13H16N4O2S. The molecule has 0 saturated heterocycles. The van der Waals surface area contributed by atoms with Crippen molar-refractivity contribution in [3.05, 3.63) is 27.5 Å². The maximum absolute atomic E-state index is 11.9. The first-order chi connectivity index (χ1) is 9.69. The monoisotopic (exact) mass is 292 g/mol. The summed E-state index contributed by atoms with van der Waals surface area (Å²) in [6.07, 6.45) is 4.02. The number of hydrogen-bond acceptors (Lipinski definition) is 6. The summed E-state index contributed by atoms with van der Waals surface area (Å²) in [4.78, 5) is 17.3. The van der Waals surface area contributed by atoms with E-state index in [4.69, 9.17) is 4.74 Å². The Morgan fingerprint density at radius 3 is 2.95 bits per heavy atom. The number of carbonyl (C=O) groups excluding carboxylic acids is 1. The molecule has 20 heavy (non-hydrogen) atoms. The van der Waals surface area contributed by atoms with E-state index in [0.29, 0.717) is 24.8 Å². The number of ether oxygens (including phenoxy) is 1. The molecular weight excluding hydrogens is 276 g/mol. The van der Waals surface area contributed by atoms with Crippen molar-refractivity contribution in [2.75, 3.05) is 6.61 Å². The minimum atomic E-state index is -0.374. The average Bonchev–Trinajstić information content (AvgIpc) is 3.05. The van der Waals surface area contributed by atoms with Crippen molar-refractivity contribution in [3.63, 3.8) is 0 Å². The summed E-state index contributed by atoms with van der Waals surface area (Å²) < 4.78 is 6.87. The van der Waals surface area contributed by atoms with Gasteiger partial charge in [0.15, 0.2) is 5.69 Å². The molecule has 7 heteroatoms. The van der Waals surface area contributed by atoms with Crippen molar-refractivity contribution in [1.82, 2.24) is 20.0 Å². The number of rotatable bonds is 5. The molecule has 1 fully saturated rings. The first-order valence-electron chi connectivity index (χ1n) is 6.70. The SMILES string of the molecule is CCOC(=O)c1nnn(Cc2cnc(C)s2)c1C1CC1. The highest BCUT2D eigenvalue weighted by molar-refractivity contribution is 7.11. The molecule has 2 heterocycles. The summed E-state index contributed by atoms with van der Waals surface area (Å²) >= 11 is 1.64. The molecule has 1 saturated carbocycles. The largest absolute Gasteiger partial charge is 0.461 e. The summed E-state index contributed by atoms with van der Waals surface area (Å²) in [6, 6.07) is 0. The van der Waals surface area contributed by atoms with Gasteiger partial charge in [-0.1, -0.05) is 5.21 Å². The number of thiazole rings is 1. The van der Waals surface area contributed by atoms with E-state index >= 15 is 0 Å². The quantitative estimate of drug-likeness (QED) is 0.790. The summed E-state index contributed by atoms with van der Waals surface area (Å²) in [5.74, 6) is 0.0135. The molecule has 0 radical (unpaired) electrons. The first-order valence-corrected chi connectivity index (χ1v) is 7.52. The summed E-state index contributed by atoms with van der Waals surface area (Å²) in [5, 5.41) is 9.18. The van der Waals surface area contributed by atoms with E-state index in [9.17, 15) is 4.79 Å². The highest BCUT2D eigenvalue weighted by atomic mass is 32.1. The number of esters is 1. The molecule has 0 aromatic carbocycles. The Kier molecular flexibility index (Phi) is 3.52. The molecule has 3 rings (SSSR count). The fourth-order valence-corrected chi connectivity index (χ4v) is 2.95. The van der Waals surface area contributed by atoms with Gasteiger partial charge in [-0.3, -0.25) is 0 Å². The van der Waals surface area contributed by atoms with Crippen molar-refractivity contribution >= 4 is 17.3 Å². The molecule has 0 unspecified atom stereocenters. The molecule has 0 amide bonds. The van der Waals surface area contributed by atoms with Crippen LogP contribution in [0.15, 0.2) is 6.20 Å². The van der Waals surface area contributed by atoms with Crippen LogP contribution in [0, 0.1) is 6.92 Å². The van der Waals surface area contributed by atoms with Gasteiger partial charge >= 0.3 is 5.97 Å². The number of aromatic nitrogens is 4. The van der Waals surface area contributed by atoms with Crippen molar-refractivity contribution in [2.24, 2.45) is 0 Å². The van der Waals surface area contributed by atoms with E-state index in [1.54, 1.807) is 18.3 Å². The number of nitrogens with zero attached hydrogens (tertiary/aromatic N) is 4. The third-order valence-electron chi connectivity index (χ3n) is 3.18. The second kappa shape index (κ2) is 5.32. The molecule has 0 spiro atoms. The number of aryl methyl sites for hydroxylation is 1. The summed E-state index contributed by atoms with van der Waals surface area (Å²) in [6.45, 7) is 4.73. The molecule has 6 nitrogen and oxygen atoms in total. The van der Waals surface area contributed by atoms with Crippen LogP contribution in [0.2, 0.25) is 0 Å². The Bertz CT molecular complexity index is 630. The Morgan fingerprint density at radius 1 is 1.55 bits per heavy atom. The van der Waals surface area contributed by atoms with E-state index in [2.05, 4.69) is 15.3 Å². The lowest BCUT2D eigenvalue weighted by molar-refractivity contribution is 0.0518. The molecule has 1 aliphatic rings. The van der Waals surface area contributed by atoms with E-state index in [0.717, 1.165) is 28.4 Å². The second-order valence-electron chi connectivity index (χ2n) is 4.82. The van der Waals surface area contributed by atoms with Gasteiger partial charge in [0.25, 0.3) is 0 Å². The minimum Gasteiger partial charge on any atom is -0.461 e. The average molecular weight is 292 g/mol. The topological polar surface area (TPSA) is 69.9 Å². The summed E-state index contributed by atoms with van der Waals surface area (Å²) in [5.41, 5.74) is 1.28. The van der Waals surface area contributed by atoms with Crippen molar-refractivity contribution in [3.8, 4) is 0 Å². The van der Waals surface area contributed by atoms with Gasteiger partial charge in [-0.2, -0.15) is 0 Å². The Hall–Kier alpha value is -1.76. The molecule has 2 aromatic rings. The van der Waals surface area contributed by atoms with E-state index in [-0.39, 0.29) is 5.97 Å². The third-order valence-corrected chi connectivity index (χ3v) is 4.08. The predicted octanol–water partition coefficient (Wildman–Crippen LogP) is 2.15. The number of hydrogen-bond donors (Lipinski definition) is 0. The lowest BCUT2D eigenvalue weighted by Gasteiger charge is -2.05. The van der Waals surface area contributed by atoms with Crippen LogP contribution in [0.1, 0.15) is 51.8 Å². The van der Waals surface area contributed by atoms with Crippen LogP contribution in [0.3, 0.4) is 0 Å². The smallest absolute Gasteiger partial charge is 0.360 e. The fraction of sp³-hybridized carbons (Fsp3) is 0.538. The molecule has 2 aromatic heterocycles. The van der Waals surface area contributed by atoms with Gasteiger partial charge in [-0.25, -0.2) is 14.5 Å². The van der Waals surface area contributed by atoms with Crippen LogP contribution in [0.25, 0.3) is 0 Å². The van der Waals surface area contributed by atoms with Crippen LogP contribution in [-0.4, -0.2) is 32.6 Å². The van der Waals surface area contributed by atoms with E-state index in [1.165, 1.54) is 0 Å². The maximum atomic E-state index is 11.9. The molecule has 0 aliphatic heterocycles. The lowest BCUT2D eigenvalue weighted by Crippen LogP contribution is -2.10. The zero-order chi connectivity index (χ0) is 14.1. The summed E-state index contributed by atoms with van der Waals surface area (Å²) in [7, 11) is 0. The highest BCUT2D eigenvalue weighted by Gasteiger charge is 2.34. The van der Waals surface area contributed by atoms with E-state index < -0.39 is 0 Å². The highest BCUT2D eigenvalue weighted by Crippen LogP contribution is 2.41. The van der Waals surface area contributed by atoms with Crippen molar-refractivity contribution in [1.29, 1.82) is 0 Å². The normalized spacial score (nSPS) is 14.5. The molecule has 1 aliphatic carbocycles. The van der Waals surface area contributed by atoms with Gasteiger partial charge < -0.3 is 4.74 Å². The van der Waals surface area contributed by atoms with Crippen molar-refractivity contribution in [2.45, 2.75) is 39.2 Å². The Labute approximate surface area is 120 Å². The van der Waals surface area contributed by atoms with Gasteiger partial charge in [0.05, 0.1) is 23.9 Å². The van der Waals surface area contributed by atoms with Crippen LogP contribution in [0.4, 0.5) is 0 Å². The van der Waals surface area contributed by atoms with Crippen molar-refractivity contribution < 1.29 is 9.53 Å². The lowest BCUT2D eigenvalue weighted by atomic mass is 10.2. The zero-order valence-electron chi connectivity index (χ0n) is 11.5. The second-order valence-corrected chi connectivity index (χ2v) is 6.14. The Morgan fingerprint density at radius 2 is 2.35 bits per heavy atom. The molecule has 0 N–H and O–H groups in total. The minimum absolute atomic E-state index is 0.351. The molecule has 106 valence electrons. The first kappa shape index (κ1) is 13.2. The fourth-order valence-electron chi connectivity index (χ4n) is 2.17. The number of carbonyl (C=O) groups is 1. The molecule has 0 atom stereocenters. The predicted molar refractivity (Wildman–Crippen MR) is 73.9 cm³/mol. The van der Waals surface area contributed by atoms with Gasteiger partial charge in [-0.05, 0) is 26.7 Å². The van der Waals surface area contributed by atoms with Gasteiger partial charge in [0.2, 0.25) is 0 Å². The van der Waals surface area contributed by atoms with Gasteiger partial charge in [-0.15, -0.1) is 16.4 Å². The third kappa shape index (κ3) is 2.58. The van der Waals surface area contributed by atoms with E-state index in [1.807, 2.05) is 17.8 Å². The standard InChI is InChI=1S/C13H16N4O2S/c1-3-19-13(18)11-12(9-4-5-9)17(16-15-11)7-10-6-14-8(2)20-10/h6,9H,3-5,7H2,1-2H3. The van der Waals surface area contributed by atoms with Gasteiger partial charge in [0, 0.05) is 17.0 Å². The Balaban J connectivity index is 1.89. The maximum Gasteiger partial charge on any atom is 0.360 e. The van der Waals surface area contributed by atoms with Crippen LogP contribution in [-0.2, 0) is 11.3 Å². The van der Waals surface area contributed by atoms with Crippen LogP contribution < -0.4 is 0 Å². The zero-order valence-corrected chi connectivity index (χ0v) is 12.3. The van der Waals surface area contributed by atoms with Gasteiger partial charge in [0.1, 0.15) is 0 Å².